The Morgan fingerprint density at radius 1 is 0.794 bits per heavy atom. The minimum atomic E-state index is -0.0303. The van der Waals surface area contributed by atoms with Crippen LogP contribution in [0.4, 0.5) is 5.69 Å². The van der Waals surface area contributed by atoms with Crippen LogP contribution in [-0.2, 0) is 6.54 Å². The Labute approximate surface area is 199 Å². The number of rotatable bonds is 5. The van der Waals surface area contributed by atoms with E-state index < -0.39 is 0 Å². The first-order chi connectivity index (χ1) is 16.5. The molecule has 2 aromatic heterocycles. The predicted octanol–water partition coefficient (Wildman–Crippen LogP) is 5.86. The zero-order valence-electron chi connectivity index (χ0n) is 19.2. The highest BCUT2D eigenvalue weighted by molar-refractivity contribution is 6.01. The maximum absolute atomic E-state index is 10.7. The van der Waals surface area contributed by atoms with Crippen LogP contribution in [-0.4, -0.2) is 29.2 Å². The van der Waals surface area contributed by atoms with E-state index >= 15 is 0 Å². The zero-order valence-corrected chi connectivity index (χ0v) is 19.2. The smallest absolute Gasteiger partial charge is 0.220 e. The van der Waals surface area contributed by atoms with Crippen molar-refractivity contribution in [1.29, 1.82) is 0 Å². The maximum atomic E-state index is 10.7. The zero-order chi connectivity index (χ0) is 23.7. The molecule has 5 aromatic rings. The number of anilines is 1. The molecule has 5 heteroatoms. The van der Waals surface area contributed by atoms with Crippen molar-refractivity contribution in [2.75, 3.05) is 19.0 Å². The van der Waals surface area contributed by atoms with Crippen molar-refractivity contribution in [3.8, 4) is 39.4 Å². The number of nitrogens with zero attached hydrogens (tertiary/aromatic N) is 3. The molecule has 0 spiro atoms. The lowest BCUT2D eigenvalue weighted by molar-refractivity contribution is 0.460. The first-order valence-electron chi connectivity index (χ1n) is 11.2. The normalized spacial score (nSPS) is 11.0. The average Bonchev–Trinajstić information content (AvgIpc) is 2.89. The Balaban J connectivity index is 1.81. The largest absolute Gasteiger partial charge is 0.493 e. The molecule has 0 aliphatic heterocycles. The Kier molecular flexibility index (Phi) is 5.70. The van der Waals surface area contributed by atoms with Crippen molar-refractivity contribution in [1.82, 2.24) is 9.97 Å². The number of benzene rings is 3. The quantitative estimate of drug-likeness (QED) is 0.354. The fourth-order valence-corrected chi connectivity index (χ4v) is 4.16. The van der Waals surface area contributed by atoms with Gasteiger partial charge in [-0.2, -0.15) is 0 Å². The molecule has 3 aromatic carbocycles. The summed E-state index contributed by atoms with van der Waals surface area (Å²) in [6.45, 7) is 0.489. The summed E-state index contributed by atoms with van der Waals surface area (Å²) in [5.74, 6) is -0.0303. The number of nitrogens with two attached hydrogens (primary N) is 1. The van der Waals surface area contributed by atoms with Gasteiger partial charge in [-0.1, -0.05) is 66.7 Å². The first-order valence-corrected chi connectivity index (χ1v) is 11.2. The number of aromatic nitrogens is 2. The molecular formula is C29H26N4O. The van der Waals surface area contributed by atoms with Gasteiger partial charge in [-0.25, -0.2) is 9.97 Å². The van der Waals surface area contributed by atoms with E-state index in [4.69, 9.17) is 10.7 Å². The lowest BCUT2D eigenvalue weighted by Gasteiger charge is -2.16. The molecule has 0 aliphatic carbocycles. The molecule has 0 saturated heterocycles. The number of aromatic hydroxyl groups is 1. The van der Waals surface area contributed by atoms with E-state index in [1.165, 1.54) is 0 Å². The molecule has 0 radical (unpaired) electrons. The SMILES string of the molecule is CN(C)c1cccc(-c2cnc(O)c3cc(-c4ccccc4)c(-c4ccc(CN)cc4)nc23)c1. The minimum absolute atomic E-state index is 0.0303. The summed E-state index contributed by atoms with van der Waals surface area (Å²) in [5, 5.41) is 11.3. The molecule has 34 heavy (non-hydrogen) atoms. The molecule has 0 amide bonds. The summed E-state index contributed by atoms with van der Waals surface area (Å²) >= 11 is 0. The third-order valence-electron chi connectivity index (χ3n) is 6.06. The summed E-state index contributed by atoms with van der Waals surface area (Å²) in [6, 6.07) is 28.5. The van der Waals surface area contributed by atoms with E-state index in [0.717, 1.165) is 44.8 Å². The highest BCUT2D eigenvalue weighted by atomic mass is 16.3. The molecule has 0 aliphatic rings. The standard InChI is InChI=1S/C29H26N4O/c1-33(2)23-10-6-9-22(15-23)26-18-31-29(34)25-16-24(20-7-4-3-5-8-20)27(32-28(25)26)21-13-11-19(17-30)12-14-21/h3-16,18H,17,30H2,1-2H3,(H,31,34). The maximum Gasteiger partial charge on any atom is 0.220 e. The highest BCUT2D eigenvalue weighted by Gasteiger charge is 2.17. The topological polar surface area (TPSA) is 75.3 Å². The van der Waals surface area contributed by atoms with E-state index in [9.17, 15) is 5.11 Å². The molecule has 0 atom stereocenters. The third kappa shape index (κ3) is 3.98. The van der Waals surface area contributed by atoms with Gasteiger partial charge in [-0.15, -0.1) is 0 Å². The van der Waals surface area contributed by atoms with Gasteiger partial charge in [0.2, 0.25) is 5.88 Å². The van der Waals surface area contributed by atoms with Crippen molar-refractivity contribution in [2.45, 2.75) is 6.54 Å². The Morgan fingerprint density at radius 2 is 1.53 bits per heavy atom. The summed E-state index contributed by atoms with van der Waals surface area (Å²) in [4.78, 5) is 11.5. The second kappa shape index (κ2) is 8.96. The van der Waals surface area contributed by atoms with Gasteiger partial charge in [-0.3, -0.25) is 0 Å². The van der Waals surface area contributed by atoms with Crippen LogP contribution in [0.1, 0.15) is 5.56 Å². The van der Waals surface area contributed by atoms with Crippen LogP contribution in [0.5, 0.6) is 5.88 Å². The average molecular weight is 447 g/mol. The van der Waals surface area contributed by atoms with Gasteiger partial charge < -0.3 is 15.7 Å². The number of hydrogen-bond acceptors (Lipinski definition) is 5. The lowest BCUT2D eigenvalue weighted by atomic mass is 9.95. The van der Waals surface area contributed by atoms with Crippen molar-refractivity contribution in [3.63, 3.8) is 0 Å². The van der Waals surface area contributed by atoms with Crippen molar-refractivity contribution in [3.05, 3.63) is 96.7 Å². The van der Waals surface area contributed by atoms with Gasteiger partial charge in [0.25, 0.3) is 0 Å². The minimum Gasteiger partial charge on any atom is -0.493 e. The van der Waals surface area contributed by atoms with Gasteiger partial charge in [0.05, 0.1) is 16.6 Å². The van der Waals surface area contributed by atoms with Crippen molar-refractivity contribution in [2.24, 2.45) is 5.73 Å². The molecule has 0 unspecified atom stereocenters. The van der Waals surface area contributed by atoms with E-state index in [1.807, 2.05) is 62.6 Å². The van der Waals surface area contributed by atoms with E-state index in [2.05, 4.69) is 46.3 Å². The second-order valence-corrected chi connectivity index (χ2v) is 8.49. The van der Waals surface area contributed by atoms with Crippen molar-refractivity contribution < 1.29 is 5.11 Å². The predicted molar refractivity (Wildman–Crippen MR) is 140 cm³/mol. The van der Waals surface area contributed by atoms with Gasteiger partial charge >= 0.3 is 0 Å². The van der Waals surface area contributed by atoms with Gasteiger partial charge in [0.1, 0.15) is 0 Å². The van der Waals surface area contributed by atoms with Crippen LogP contribution in [0.25, 0.3) is 44.4 Å². The molecule has 3 N–H and O–H groups in total. The van der Waals surface area contributed by atoms with E-state index in [0.29, 0.717) is 17.4 Å². The summed E-state index contributed by atoms with van der Waals surface area (Å²) in [7, 11) is 4.03. The number of pyridine rings is 2. The molecule has 5 rings (SSSR count). The summed E-state index contributed by atoms with van der Waals surface area (Å²) in [5.41, 5.74) is 14.3. The van der Waals surface area contributed by atoms with Crippen LogP contribution < -0.4 is 10.6 Å². The van der Waals surface area contributed by atoms with Crippen LogP contribution in [0.2, 0.25) is 0 Å². The third-order valence-corrected chi connectivity index (χ3v) is 6.06. The number of hydrogen-bond donors (Lipinski definition) is 2. The molecule has 168 valence electrons. The van der Waals surface area contributed by atoms with Crippen molar-refractivity contribution >= 4 is 16.6 Å². The first kappa shape index (κ1) is 21.6. The monoisotopic (exact) mass is 446 g/mol. The molecule has 2 heterocycles. The van der Waals surface area contributed by atoms with E-state index in [1.54, 1.807) is 6.20 Å². The molecule has 0 fully saturated rings. The van der Waals surface area contributed by atoms with E-state index in [-0.39, 0.29) is 5.88 Å². The van der Waals surface area contributed by atoms with Gasteiger partial charge in [0.15, 0.2) is 0 Å². The van der Waals surface area contributed by atoms with Crippen LogP contribution in [0.3, 0.4) is 0 Å². The fraction of sp³-hybridized carbons (Fsp3) is 0.103. The Morgan fingerprint density at radius 3 is 2.24 bits per heavy atom. The Bertz CT molecular complexity index is 1460. The molecule has 0 bridgehead atoms. The van der Waals surface area contributed by atoms with Crippen LogP contribution >= 0.6 is 0 Å². The summed E-state index contributed by atoms with van der Waals surface area (Å²) in [6.07, 6.45) is 1.70. The second-order valence-electron chi connectivity index (χ2n) is 8.49. The molecular weight excluding hydrogens is 420 g/mol. The van der Waals surface area contributed by atoms with Gasteiger partial charge in [-0.05, 0) is 34.9 Å². The summed E-state index contributed by atoms with van der Waals surface area (Å²) < 4.78 is 0. The fourth-order valence-electron chi connectivity index (χ4n) is 4.16. The highest BCUT2D eigenvalue weighted by Crippen LogP contribution is 2.39. The number of fused-ring (bicyclic) bond motifs is 1. The molecule has 0 saturated carbocycles. The van der Waals surface area contributed by atoms with Crippen LogP contribution in [0.15, 0.2) is 91.1 Å². The van der Waals surface area contributed by atoms with Gasteiger partial charge in [0, 0.05) is 49.2 Å². The molecule has 5 nitrogen and oxygen atoms in total. The Hall–Kier alpha value is -4.22. The lowest BCUT2D eigenvalue weighted by Crippen LogP contribution is -2.08. The van der Waals surface area contributed by atoms with Crippen LogP contribution in [0, 0.1) is 0 Å².